The van der Waals surface area contributed by atoms with Gasteiger partial charge in [-0.15, -0.1) is 0 Å². The van der Waals surface area contributed by atoms with E-state index in [1.807, 2.05) is 30.5 Å². The van der Waals surface area contributed by atoms with Crippen LogP contribution in [0.2, 0.25) is 0 Å². The Morgan fingerprint density at radius 1 is 1.11 bits per heavy atom. The summed E-state index contributed by atoms with van der Waals surface area (Å²) in [7, 11) is -4.18. The maximum Gasteiger partial charge on any atom is 0.333 e. The lowest BCUT2D eigenvalue weighted by Gasteiger charge is -2.23. The number of fused-ring (bicyclic) bond motifs is 3. The van der Waals surface area contributed by atoms with Crippen LogP contribution in [-0.2, 0) is 34.1 Å². The SMILES string of the molecule is O=C(Nc1c(-c2ccn3nccc3c2)ccc2c1CCC2)NS(=O)(=O)c1cc2n(n1)CCO[C@H]2C1CC1. The topological polar surface area (TPSA) is 120 Å². The number of hydrogen-bond donors (Lipinski definition) is 2. The van der Waals surface area contributed by atoms with Crippen LogP contribution in [0.15, 0.2) is 53.8 Å². The van der Waals surface area contributed by atoms with Crippen molar-refractivity contribution in [2.75, 3.05) is 11.9 Å². The number of anilines is 1. The largest absolute Gasteiger partial charge is 0.370 e. The van der Waals surface area contributed by atoms with Crippen molar-refractivity contribution in [2.24, 2.45) is 5.92 Å². The van der Waals surface area contributed by atoms with Crippen LogP contribution in [0.4, 0.5) is 10.5 Å². The Morgan fingerprint density at radius 2 is 2.00 bits per heavy atom. The van der Waals surface area contributed by atoms with Crippen LogP contribution in [-0.4, -0.2) is 40.5 Å². The Kier molecular flexibility index (Phi) is 5.12. The molecule has 10 nitrogen and oxygen atoms in total. The number of aryl methyl sites for hydroxylation is 1. The Bertz CT molecular complexity index is 1650. The van der Waals surface area contributed by atoms with Gasteiger partial charge in [0.1, 0.15) is 6.10 Å². The Morgan fingerprint density at radius 3 is 2.86 bits per heavy atom. The van der Waals surface area contributed by atoms with Gasteiger partial charge in [-0.25, -0.2) is 14.0 Å². The van der Waals surface area contributed by atoms with Crippen LogP contribution in [0.25, 0.3) is 16.6 Å². The van der Waals surface area contributed by atoms with Gasteiger partial charge < -0.3 is 10.1 Å². The van der Waals surface area contributed by atoms with E-state index in [2.05, 4.69) is 26.3 Å². The summed E-state index contributed by atoms with van der Waals surface area (Å²) >= 11 is 0. The molecule has 1 atom stereocenters. The van der Waals surface area contributed by atoms with Crippen LogP contribution < -0.4 is 10.0 Å². The fourth-order valence-corrected chi connectivity index (χ4v) is 6.41. The second-order valence-corrected chi connectivity index (χ2v) is 11.5. The summed E-state index contributed by atoms with van der Waals surface area (Å²) in [6.07, 6.45) is 8.32. The highest BCUT2D eigenvalue weighted by molar-refractivity contribution is 7.90. The smallest absolute Gasteiger partial charge is 0.333 e. The minimum absolute atomic E-state index is 0.137. The van der Waals surface area contributed by atoms with Gasteiger partial charge in [-0.2, -0.15) is 18.6 Å². The van der Waals surface area contributed by atoms with Gasteiger partial charge in [0, 0.05) is 24.0 Å². The van der Waals surface area contributed by atoms with E-state index in [1.54, 1.807) is 15.4 Å². The summed E-state index contributed by atoms with van der Waals surface area (Å²) in [6.45, 7) is 0.984. The molecule has 2 amide bonds. The van der Waals surface area contributed by atoms with Gasteiger partial charge in [-0.05, 0) is 72.9 Å². The van der Waals surface area contributed by atoms with Gasteiger partial charge in [0.2, 0.25) is 0 Å². The summed E-state index contributed by atoms with van der Waals surface area (Å²) in [5.74, 6) is 0.405. The van der Waals surface area contributed by atoms with E-state index in [0.29, 0.717) is 24.8 Å². The molecule has 0 radical (unpaired) electrons. The first kappa shape index (κ1) is 22.5. The van der Waals surface area contributed by atoms with Crippen LogP contribution in [0.5, 0.6) is 0 Å². The van der Waals surface area contributed by atoms with Gasteiger partial charge >= 0.3 is 6.03 Å². The van der Waals surface area contributed by atoms with Crippen LogP contribution >= 0.6 is 0 Å². The highest BCUT2D eigenvalue weighted by atomic mass is 32.2. The highest BCUT2D eigenvalue weighted by Gasteiger charge is 2.38. The molecule has 1 aromatic carbocycles. The molecule has 1 aliphatic heterocycles. The third-order valence-electron chi connectivity index (χ3n) is 7.47. The molecule has 4 heterocycles. The van der Waals surface area contributed by atoms with E-state index < -0.39 is 16.1 Å². The zero-order chi connectivity index (χ0) is 25.1. The molecule has 37 heavy (non-hydrogen) atoms. The zero-order valence-electron chi connectivity index (χ0n) is 20.1. The lowest BCUT2D eigenvalue weighted by Crippen LogP contribution is -2.35. The zero-order valence-corrected chi connectivity index (χ0v) is 20.9. The molecule has 3 aromatic heterocycles. The van der Waals surface area contributed by atoms with Crippen molar-refractivity contribution < 1.29 is 17.9 Å². The van der Waals surface area contributed by atoms with E-state index in [-0.39, 0.29) is 11.1 Å². The first-order valence-corrected chi connectivity index (χ1v) is 14.1. The van der Waals surface area contributed by atoms with E-state index in [4.69, 9.17) is 4.74 Å². The lowest BCUT2D eigenvalue weighted by molar-refractivity contribution is 0.00273. The van der Waals surface area contributed by atoms with E-state index in [0.717, 1.165) is 60.0 Å². The number of carbonyl (C=O) groups excluding carboxylic acids is 1. The first-order valence-electron chi connectivity index (χ1n) is 12.6. The van der Waals surface area contributed by atoms with Crippen LogP contribution in [0.1, 0.15) is 42.2 Å². The molecule has 7 rings (SSSR count). The first-order chi connectivity index (χ1) is 18.0. The third-order valence-corrected chi connectivity index (χ3v) is 8.67. The van der Waals surface area contributed by atoms with Gasteiger partial charge in [-0.3, -0.25) is 4.68 Å². The van der Waals surface area contributed by atoms with Gasteiger partial charge in [0.05, 0.1) is 30.0 Å². The second kappa shape index (κ2) is 8.42. The summed E-state index contributed by atoms with van der Waals surface area (Å²) in [6, 6.07) is 10.6. The average molecular weight is 519 g/mol. The lowest BCUT2D eigenvalue weighted by atomic mass is 9.97. The normalized spacial score (nSPS) is 19.0. The number of rotatable bonds is 5. The van der Waals surface area contributed by atoms with E-state index in [1.165, 1.54) is 11.6 Å². The molecule has 2 N–H and O–H groups in total. The summed E-state index contributed by atoms with van der Waals surface area (Å²) < 4.78 is 37.8. The van der Waals surface area contributed by atoms with Gasteiger partial charge in [0.25, 0.3) is 10.0 Å². The van der Waals surface area contributed by atoms with Crippen molar-refractivity contribution >= 4 is 27.3 Å². The number of amides is 2. The number of sulfonamides is 1. The number of benzene rings is 1. The van der Waals surface area contributed by atoms with E-state index >= 15 is 0 Å². The number of ether oxygens (including phenoxy) is 1. The number of urea groups is 1. The molecule has 1 saturated carbocycles. The van der Waals surface area contributed by atoms with Gasteiger partial charge in [-0.1, -0.05) is 12.1 Å². The monoisotopic (exact) mass is 518 g/mol. The molecule has 4 aromatic rings. The molecule has 0 saturated heterocycles. The Balaban J connectivity index is 1.18. The van der Waals surface area contributed by atoms with Crippen molar-refractivity contribution in [1.29, 1.82) is 0 Å². The second-order valence-electron chi connectivity index (χ2n) is 9.91. The summed E-state index contributed by atoms with van der Waals surface area (Å²) in [5.41, 5.74) is 6.27. The van der Waals surface area contributed by atoms with Crippen molar-refractivity contribution in [3.63, 3.8) is 0 Å². The van der Waals surface area contributed by atoms with Gasteiger partial charge in [0.15, 0.2) is 5.03 Å². The Hall–Kier alpha value is -3.70. The minimum Gasteiger partial charge on any atom is -0.370 e. The highest BCUT2D eigenvalue weighted by Crippen LogP contribution is 2.45. The van der Waals surface area contributed by atoms with Crippen LogP contribution in [0.3, 0.4) is 0 Å². The van der Waals surface area contributed by atoms with Crippen molar-refractivity contribution in [3.05, 3.63) is 65.6 Å². The third kappa shape index (κ3) is 3.98. The summed E-state index contributed by atoms with van der Waals surface area (Å²) in [5, 5.41) is 11.2. The molecule has 11 heteroatoms. The van der Waals surface area contributed by atoms with Crippen molar-refractivity contribution in [1.82, 2.24) is 24.1 Å². The number of hydrogen-bond acceptors (Lipinski definition) is 6. The number of nitrogens with zero attached hydrogens (tertiary/aromatic N) is 4. The number of aromatic nitrogens is 4. The maximum atomic E-state index is 13.2. The molecule has 3 aliphatic rings. The standard InChI is InChI=1S/C26H26N6O4S/c33-26(30-37(34,35)23-15-22-25(17-4-5-17)36-13-12-32(22)29-23)28-24-20-3-1-2-16(20)6-7-21(24)18-9-11-31-19(14-18)8-10-27-31/h6-11,14-15,17,25H,1-5,12-13H2,(H2,28,30,33)/t25-/m0/s1. The van der Waals surface area contributed by atoms with Crippen LogP contribution in [0, 0.1) is 5.92 Å². The van der Waals surface area contributed by atoms with E-state index in [9.17, 15) is 13.2 Å². The molecule has 1 fully saturated rings. The number of nitrogens with one attached hydrogen (secondary N) is 2. The molecule has 0 spiro atoms. The predicted molar refractivity (Wildman–Crippen MR) is 136 cm³/mol. The van der Waals surface area contributed by atoms with Crippen molar-refractivity contribution in [2.45, 2.75) is 49.8 Å². The fourth-order valence-electron chi connectivity index (χ4n) is 5.53. The quantitative estimate of drug-likeness (QED) is 0.416. The number of carbonyl (C=O) groups is 1. The summed E-state index contributed by atoms with van der Waals surface area (Å²) in [4.78, 5) is 13.1. The van der Waals surface area contributed by atoms with Crippen molar-refractivity contribution in [3.8, 4) is 11.1 Å². The fraction of sp³-hybridized carbons (Fsp3) is 0.346. The molecule has 190 valence electrons. The Labute approximate surface area is 213 Å². The maximum absolute atomic E-state index is 13.2. The predicted octanol–water partition coefficient (Wildman–Crippen LogP) is 3.68. The number of pyridine rings is 1. The minimum atomic E-state index is -4.18. The molecular formula is C26H26N6O4S. The molecular weight excluding hydrogens is 492 g/mol. The average Bonchev–Trinajstić information content (AvgIpc) is 3.26. The molecule has 2 aliphatic carbocycles. The molecule has 0 bridgehead atoms. The molecule has 0 unspecified atom stereocenters.